The summed E-state index contributed by atoms with van der Waals surface area (Å²) in [6.45, 7) is 10.9. The summed E-state index contributed by atoms with van der Waals surface area (Å²) < 4.78 is 13.4. The molecule has 0 unspecified atom stereocenters. The zero-order valence-corrected chi connectivity index (χ0v) is 12.4. The quantitative estimate of drug-likeness (QED) is 0.692. The van der Waals surface area contributed by atoms with E-state index in [0.29, 0.717) is 5.92 Å². The van der Waals surface area contributed by atoms with Gasteiger partial charge in [0.25, 0.3) is 0 Å². The SMILES string of the molecule is CC1C(C)(C)P(=O)(Cc2ccccc2)C1(C)C. The molecule has 1 fully saturated rings. The first-order chi connectivity index (χ1) is 7.73. The Morgan fingerprint density at radius 3 is 2.00 bits per heavy atom. The highest BCUT2D eigenvalue weighted by molar-refractivity contribution is 7.68. The van der Waals surface area contributed by atoms with Crippen molar-refractivity contribution in [1.82, 2.24) is 0 Å². The summed E-state index contributed by atoms with van der Waals surface area (Å²) in [6, 6.07) is 10.3. The number of hydrogen-bond acceptors (Lipinski definition) is 1. The molecule has 1 saturated heterocycles. The molecule has 0 aromatic heterocycles. The van der Waals surface area contributed by atoms with E-state index in [1.807, 2.05) is 18.2 Å². The largest absolute Gasteiger partial charge is 0.322 e. The molecule has 0 aliphatic carbocycles. The maximum atomic E-state index is 13.4. The van der Waals surface area contributed by atoms with Crippen molar-refractivity contribution in [2.45, 2.75) is 51.1 Å². The highest BCUT2D eigenvalue weighted by Gasteiger charge is 2.67. The van der Waals surface area contributed by atoms with Crippen molar-refractivity contribution < 1.29 is 4.57 Å². The Morgan fingerprint density at radius 1 is 1.06 bits per heavy atom. The zero-order chi connectivity index (χ0) is 12.9. The first kappa shape index (κ1) is 12.9. The summed E-state index contributed by atoms with van der Waals surface area (Å²) >= 11 is 0. The number of rotatable bonds is 2. The average Bonchev–Trinajstić information content (AvgIpc) is 2.28. The maximum Gasteiger partial charge on any atom is 0.103 e. The standard InChI is InChI=1S/C15H23OP/c1-12-14(2,3)17(16,15(12,4)5)11-13-9-7-6-8-10-13/h6-10,12H,11H2,1-5H3. The monoisotopic (exact) mass is 250 g/mol. The third-order valence-electron chi connectivity index (χ3n) is 5.23. The van der Waals surface area contributed by atoms with Crippen LogP contribution < -0.4 is 0 Å². The van der Waals surface area contributed by atoms with Gasteiger partial charge in [-0.1, -0.05) is 65.0 Å². The minimum absolute atomic E-state index is 0.0215. The van der Waals surface area contributed by atoms with E-state index in [2.05, 4.69) is 46.8 Å². The van der Waals surface area contributed by atoms with Crippen molar-refractivity contribution in [2.24, 2.45) is 5.92 Å². The van der Waals surface area contributed by atoms with E-state index in [9.17, 15) is 4.57 Å². The number of hydrogen-bond donors (Lipinski definition) is 0. The molecule has 2 heteroatoms. The van der Waals surface area contributed by atoms with Crippen LogP contribution in [0.5, 0.6) is 0 Å². The van der Waals surface area contributed by atoms with Crippen molar-refractivity contribution in [3.8, 4) is 0 Å². The molecular formula is C15H23OP. The van der Waals surface area contributed by atoms with Crippen LogP contribution in [-0.2, 0) is 10.7 Å². The van der Waals surface area contributed by atoms with Crippen LogP contribution >= 0.6 is 7.14 Å². The summed E-state index contributed by atoms with van der Waals surface area (Å²) in [6.07, 6.45) is 0.748. The molecule has 2 rings (SSSR count). The lowest BCUT2D eigenvalue weighted by molar-refractivity contribution is 0.268. The fourth-order valence-corrected chi connectivity index (χ4v) is 8.13. The van der Waals surface area contributed by atoms with Crippen LogP contribution in [0.25, 0.3) is 0 Å². The molecule has 0 amide bonds. The summed E-state index contributed by atoms with van der Waals surface area (Å²) in [5.41, 5.74) is 1.21. The molecule has 17 heavy (non-hydrogen) atoms. The third-order valence-corrected chi connectivity index (χ3v) is 10.5. The molecule has 1 heterocycles. The Kier molecular flexibility index (Phi) is 2.82. The molecule has 1 nitrogen and oxygen atoms in total. The van der Waals surface area contributed by atoms with Gasteiger partial charge in [-0.15, -0.1) is 0 Å². The van der Waals surface area contributed by atoms with E-state index in [1.165, 1.54) is 5.56 Å². The molecule has 0 radical (unpaired) electrons. The van der Waals surface area contributed by atoms with Crippen LogP contribution in [0.15, 0.2) is 30.3 Å². The first-order valence-electron chi connectivity index (χ1n) is 6.36. The van der Waals surface area contributed by atoms with Gasteiger partial charge in [0.2, 0.25) is 0 Å². The molecule has 1 aromatic carbocycles. The van der Waals surface area contributed by atoms with Gasteiger partial charge in [-0.05, 0) is 11.5 Å². The Balaban J connectivity index is 2.35. The van der Waals surface area contributed by atoms with Gasteiger partial charge in [0.05, 0.1) is 0 Å². The highest BCUT2D eigenvalue weighted by Crippen LogP contribution is 2.83. The van der Waals surface area contributed by atoms with E-state index in [0.717, 1.165) is 6.16 Å². The van der Waals surface area contributed by atoms with E-state index in [1.54, 1.807) is 0 Å². The van der Waals surface area contributed by atoms with Crippen LogP contribution in [-0.4, -0.2) is 10.3 Å². The van der Waals surface area contributed by atoms with E-state index >= 15 is 0 Å². The van der Waals surface area contributed by atoms with Crippen molar-refractivity contribution in [2.75, 3.05) is 0 Å². The van der Waals surface area contributed by atoms with Crippen molar-refractivity contribution >= 4 is 7.14 Å². The van der Waals surface area contributed by atoms with Crippen LogP contribution in [0.1, 0.15) is 40.2 Å². The second-order valence-corrected chi connectivity index (χ2v) is 10.5. The lowest BCUT2D eigenvalue weighted by Crippen LogP contribution is -2.57. The van der Waals surface area contributed by atoms with Gasteiger partial charge >= 0.3 is 0 Å². The van der Waals surface area contributed by atoms with Crippen LogP contribution in [0, 0.1) is 5.92 Å². The molecule has 1 aliphatic heterocycles. The molecule has 1 aliphatic rings. The smallest absolute Gasteiger partial charge is 0.103 e. The molecular weight excluding hydrogens is 227 g/mol. The molecule has 0 atom stereocenters. The first-order valence-corrected chi connectivity index (χ1v) is 8.26. The maximum absolute atomic E-state index is 13.4. The zero-order valence-electron chi connectivity index (χ0n) is 11.5. The van der Waals surface area contributed by atoms with Gasteiger partial charge in [-0.3, -0.25) is 0 Å². The second-order valence-electron chi connectivity index (χ2n) is 6.41. The Morgan fingerprint density at radius 2 is 1.53 bits per heavy atom. The molecule has 0 saturated carbocycles. The van der Waals surface area contributed by atoms with Crippen molar-refractivity contribution in [3.05, 3.63) is 35.9 Å². The summed E-state index contributed by atoms with van der Waals surface area (Å²) in [5, 5.41) is -0.0430. The van der Waals surface area contributed by atoms with Gasteiger partial charge < -0.3 is 4.57 Å². The van der Waals surface area contributed by atoms with Gasteiger partial charge in [-0.25, -0.2) is 0 Å². The summed E-state index contributed by atoms with van der Waals surface area (Å²) in [4.78, 5) is 0. The lowest BCUT2D eigenvalue weighted by atomic mass is 9.83. The average molecular weight is 250 g/mol. The second kappa shape index (κ2) is 3.72. The molecule has 0 N–H and O–H groups in total. The van der Waals surface area contributed by atoms with Gasteiger partial charge in [0.15, 0.2) is 0 Å². The van der Waals surface area contributed by atoms with Gasteiger partial charge in [0, 0.05) is 16.5 Å². The van der Waals surface area contributed by atoms with E-state index in [-0.39, 0.29) is 10.3 Å². The van der Waals surface area contributed by atoms with Crippen LogP contribution in [0.4, 0.5) is 0 Å². The van der Waals surface area contributed by atoms with Crippen LogP contribution in [0.3, 0.4) is 0 Å². The lowest BCUT2D eigenvalue weighted by Gasteiger charge is -2.63. The van der Waals surface area contributed by atoms with Gasteiger partial charge in [0.1, 0.15) is 7.14 Å². The third kappa shape index (κ3) is 1.55. The highest BCUT2D eigenvalue weighted by atomic mass is 31.2. The van der Waals surface area contributed by atoms with Crippen LogP contribution in [0.2, 0.25) is 0 Å². The fraction of sp³-hybridized carbons (Fsp3) is 0.600. The fourth-order valence-electron chi connectivity index (χ4n) is 3.41. The van der Waals surface area contributed by atoms with Crippen molar-refractivity contribution in [3.63, 3.8) is 0 Å². The van der Waals surface area contributed by atoms with Gasteiger partial charge in [-0.2, -0.15) is 0 Å². The Hall–Kier alpha value is -0.550. The molecule has 0 bridgehead atoms. The minimum Gasteiger partial charge on any atom is -0.322 e. The predicted octanol–water partition coefficient (Wildman–Crippen LogP) is 4.76. The summed E-state index contributed by atoms with van der Waals surface area (Å²) in [7, 11) is -2.18. The molecule has 0 spiro atoms. The predicted molar refractivity (Wildman–Crippen MR) is 75.1 cm³/mol. The minimum atomic E-state index is -2.18. The Bertz CT molecular complexity index is 439. The Labute approximate surface area is 105 Å². The van der Waals surface area contributed by atoms with E-state index < -0.39 is 7.14 Å². The summed E-state index contributed by atoms with van der Waals surface area (Å²) in [5.74, 6) is 0.518. The van der Waals surface area contributed by atoms with E-state index in [4.69, 9.17) is 0 Å². The topological polar surface area (TPSA) is 17.1 Å². The number of benzene rings is 1. The molecule has 1 aromatic rings. The van der Waals surface area contributed by atoms with Crippen molar-refractivity contribution in [1.29, 1.82) is 0 Å². The normalized spacial score (nSPS) is 34.1. The molecule has 94 valence electrons.